The molecule has 14 heteroatoms. The van der Waals surface area contributed by atoms with Gasteiger partial charge in [-0.2, -0.15) is 5.26 Å². The standard InChI is InChI=1S/C44H55N9O5/c1-27-21-33(22-28(2)34(27)23-45)58-42-43(3,4)41(44(42,5)6)50-38(55)30-7-9-31(10-8-30)52-15-13-29(14-16-52)26-51-17-19-53(20-18-51)32-24-46-37(47-25-32)40(57)48-35-11-12-36(54)49-39(35)56/h7-10,21-22,24-25,29,35,41-42H,11-20,26H2,1-6H3,(H,48,57)(H,50,55)(H,49,54,56)/t35-,41-,42-/m0/s1. The minimum Gasteiger partial charge on any atom is -0.489 e. The van der Waals surface area contributed by atoms with Crippen LogP contribution in [0.5, 0.6) is 5.75 Å². The third kappa shape index (κ3) is 8.36. The maximum Gasteiger partial charge on any atom is 0.289 e. The first-order valence-electron chi connectivity index (χ1n) is 20.4. The molecule has 0 unspecified atom stereocenters. The maximum absolute atomic E-state index is 13.5. The van der Waals surface area contributed by atoms with Gasteiger partial charge in [0.25, 0.3) is 11.8 Å². The SMILES string of the molecule is Cc1cc(O[C@H]2C(C)(C)[C@H](NC(=O)c3ccc(N4CCC(CN5CCN(c6cnc(C(=O)N[C@H]7CCC(=O)NC7=O)nc6)CC5)CC4)cc3)C2(C)C)cc(C)c1C#N. The molecule has 7 rings (SSSR count). The van der Waals surface area contributed by atoms with Crippen molar-refractivity contribution in [3.63, 3.8) is 0 Å². The number of carbonyl (C=O) groups excluding carboxylic acids is 4. The summed E-state index contributed by atoms with van der Waals surface area (Å²) < 4.78 is 6.54. The summed E-state index contributed by atoms with van der Waals surface area (Å²) in [5.41, 5.74) is 4.50. The fraction of sp³-hybridized carbons (Fsp3) is 0.523. The van der Waals surface area contributed by atoms with Crippen LogP contribution in [0.2, 0.25) is 0 Å². The lowest BCUT2D eigenvalue weighted by atomic mass is 9.49. The van der Waals surface area contributed by atoms with Gasteiger partial charge in [0.05, 0.1) is 29.7 Å². The molecule has 4 fully saturated rings. The Labute approximate surface area is 340 Å². The Morgan fingerprint density at radius 3 is 2.03 bits per heavy atom. The van der Waals surface area contributed by atoms with Crippen LogP contribution in [0.1, 0.15) is 91.0 Å². The third-order valence-corrected chi connectivity index (χ3v) is 12.7. The number of benzene rings is 2. The number of nitriles is 1. The Balaban J connectivity index is 0.837. The zero-order chi connectivity index (χ0) is 41.4. The molecule has 58 heavy (non-hydrogen) atoms. The van der Waals surface area contributed by atoms with Crippen molar-refractivity contribution in [1.82, 2.24) is 30.8 Å². The van der Waals surface area contributed by atoms with Crippen LogP contribution in [0.25, 0.3) is 0 Å². The minimum atomic E-state index is -0.771. The molecule has 0 spiro atoms. The number of hydrogen-bond donors (Lipinski definition) is 3. The zero-order valence-electron chi connectivity index (χ0n) is 34.4. The van der Waals surface area contributed by atoms with Crippen molar-refractivity contribution >= 4 is 35.0 Å². The van der Waals surface area contributed by atoms with Gasteiger partial charge in [0.2, 0.25) is 17.6 Å². The number of piperazine rings is 1. The van der Waals surface area contributed by atoms with Crippen LogP contribution in [0.3, 0.4) is 0 Å². The summed E-state index contributed by atoms with van der Waals surface area (Å²) in [5.74, 6) is -0.113. The number of imide groups is 1. The van der Waals surface area contributed by atoms with Crippen molar-refractivity contribution in [2.45, 2.75) is 85.4 Å². The highest BCUT2D eigenvalue weighted by Gasteiger charge is 2.64. The van der Waals surface area contributed by atoms with Gasteiger partial charge in [-0.1, -0.05) is 27.7 Å². The van der Waals surface area contributed by atoms with Gasteiger partial charge in [-0.15, -0.1) is 0 Å². The zero-order valence-corrected chi connectivity index (χ0v) is 34.4. The number of anilines is 2. The first-order chi connectivity index (χ1) is 27.6. The van der Waals surface area contributed by atoms with E-state index in [9.17, 15) is 24.4 Å². The molecule has 4 heterocycles. The van der Waals surface area contributed by atoms with Crippen LogP contribution in [-0.4, -0.2) is 102 Å². The summed E-state index contributed by atoms with van der Waals surface area (Å²) in [6.45, 7) is 19.0. The highest BCUT2D eigenvalue weighted by Crippen LogP contribution is 2.55. The van der Waals surface area contributed by atoms with E-state index >= 15 is 0 Å². The van der Waals surface area contributed by atoms with Gasteiger partial charge in [-0.3, -0.25) is 29.4 Å². The van der Waals surface area contributed by atoms with Crippen molar-refractivity contribution < 1.29 is 23.9 Å². The van der Waals surface area contributed by atoms with Gasteiger partial charge in [-0.25, -0.2) is 9.97 Å². The van der Waals surface area contributed by atoms with E-state index in [-0.39, 0.29) is 53.5 Å². The molecule has 2 aromatic carbocycles. The van der Waals surface area contributed by atoms with Crippen molar-refractivity contribution in [2.75, 3.05) is 55.6 Å². The Kier molecular flexibility index (Phi) is 11.5. The average Bonchev–Trinajstić information content (AvgIpc) is 3.20. The second-order valence-corrected chi connectivity index (χ2v) is 17.6. The first kappa shape index (κ1) is 40.6. The fourth-order valence-corrected chi connectivity index (χ4v) is 9.73. The molecule has 306 valence electrons. The van der Waals surface area contributed by atoms with Crippen LogP contribution >= 0.6 is 0 Å². The Morgan fingerprint density at radius 2 is 1.45 bits per heavy atom. The normalized spacial score (nSPS) is 23.3. The Morgan fingerprint density at radius 1 is 0.845 bits per heavy atom. The van der Waals surface area contributed by atoms with Crippen LogP contribution in [0.15, 0.2) is 48.8 Å². The molecule has 4 aliphatic rings. The molecule has 14 nitrogen and oxygen atoms in total. The summed E-state index contributed by atoms with van der Waals surface area (Å²) in [5, 5.41) is 17.6. The molecular formula is C44H55N9O5. The summed E-state index contributed by atoms with van der Waals surface area (Å²) in [7, 11) is 0. The van der Waals surface area contributed by atoms with Crippen molar-refractivity contribution in [1.29, 1.82) is 5.26 Å². The molecule has 0 bridgehead atoms. The summed E-state index contributed by atoms with van der Waals surface area (Å²) in [6.07, 6.45) is 5.84. The van der Waals surface area contributed by atoms with E-state index < -0.39 is 17.9 Å². The number of aromatic nitrogens is 2. The lowest BCUT2D eigenvalue weighted by Crippen LogP contribution is -2.74. The molecule has 3 saturated heterocycles. The highest BCUT2D eigenvalue weighted by atomic mass is 16.5. The number of ether oxygens (including phenoxy) is 1. The number of nitrogens with one attached hydrogen (secondary N) is 3. The number of aryl methyl sites for hydroxylation is 2. The van der Waals surface area contributed by atoms with E-state index in [4.69, 9.17) is 4.74 Å². The largest absolute Gasteiger partial charge is 0.489 e. The molecule has 1 atom stereocenters. The summed E-state index contributed by atoms with van der Waals surface area (Å²) in [4.78, 5) is 65.2. The number of carbonyl (C=O) groups is 4. The van der Waals surface area contributed by atoms with Crippen LogP contribution in [0, 0.1) is 41.9 Å². The van der Waals surface area contributed by atoms with Crippen LogP contribution < -0.4 is 30.5 Å². The first-order valence-corrected chi connectivity index (χ1v) is 20.4. The fourth-order valence-electron chi connectivity index (χ4n) is 9.73. The predicted molar refractivity (Wildman–Crippen MR) is 220 cm³/mol. The van der Waals surface area contributed by atoms with Crippen LogP contribution in [0.4, 0.5) is 11.4 Å². The van der Waals surface area contributed by atoms with E-state index in [0.717, 1.165) is 86.9 Å². The number of nitrogens with zero attached hydrogens (tertiary/aromatic N) is 6. The monoisotopic (exact) mass is 789 g/mol. The smallest absolute Gasteiger partial charge is 0.289 e. The topological polar surface area (TPSA) is 173 Å². The van der Waals surface area contributed by atoms with Crippen molar-refractivity contribution in [2.24, 2.45) is 16.7 Å². The van der Waals surface area contributed by atoms with E-state index in [0.29, 0.717) is 17.0 Å². The quantitative estimate of drug-likeness (QED) is 0.252. The maximum atomic E-state index is 13.5. The van der Waals surface area contributed by atoms with Crippen molar-refractivity contribution in [3.8, 4) is 11.8 Å². The molecule has 3 N–H and O–H groups in total. The number of rotatable bonds is 10. The molecule has 3 aliphatic heterocycles. The lowest BCUT2D eigenvalue weighted by molar-refractivity contribution is -0.164. The van der Waals surface area contributed by atoms with Crippen molar-refractivity contribution in [3.05, 3.63) is 76.9 Å². The molecule has 3 aromatic rings. The van der Waals surface area contributed by atoms with E-state index in [1.165, 1.54) is 0 Å². The molecule has 1 saturated carbocycles. The molecule has 0 radical (unpaired) electrons. The number of piperidine rings is 2. The summed E-state index contributed by atoms with van der Waals surface area (Å²) >= 11 is 0. The van der Waals surface area contributed by atoms with Gasteiger partial charge < -0.3 is 25.2 Å². The predicted octanol–water partition coefficient (Wildman–Crippen LogP) is 4.15. The van der Waals surface area contributed by atoms with Gasteiger partial charge in [-0.05, 0) is 86.6 Å². The van der Waals surface area contributed by atoms with Gasteiger partial charge >= 0.3 is 0 Å². The van der Waals surface area contributed by atoms with Gasteiger partial charge in [0.15, 0.2) is 0 Å². The Hall–Kier alpha value is -5.55. The molecule has 4 amide bonds. The van der Waals surface area contributed by atoms with E-state index in [1.54, 1.807) is 12.4 Å². The average molecular weight is 790 g/mol. The molecule has 1 aliphatic carbocycles. The van der Waals surface area contributed by atoms with Gasteiger partial charge in [0, 0.05) is 80.4 Å². The molecule has 1 aromatic heterocycles. The van der Waals surface area contributed by atoms with E-state index in [2.05, 4.69) is 86.5 Å². The third-order valence-electron chi connectivity index (χ3n) is 12.7. The second kappa shape index (κ2) is 16.4. The molecular weight excluding hydrogens is 735 g/mol. The van der Waals surface area contributed by atoms with E-state index in [1.807, 2.05) is 38.1 Å². The number of hydrogen-bond acceptors (Lipinski definition) is 11. The Bertz CT molecular complexity index is 2040. The van der Waals surface area contributed by atoms with Gasteiger partial charge in [0.1, 0.15) is 17.9 Å². The minimum absolute atomic E-state index is 0.00941. The lowest BCUT2D eigenvalue weighted by Gasteiger charge is -2.63. The second-order valence-electron chi connectivity index (χ2n) is 17.6. The summed E-state index contributed by atoms with van der Waals surface area (Å²) in [6, 6.07) is 13.3. The van der Waals surface area contributed by atoms with Crippen LogP contribution in [-0.2, 0) is 9.59 Å². The highest BCUT2D eigenvalue weighted by molar-refractivity contribution is 6.03. The number of amides is 4.